The smallest absolute Gasteiger partial charge is 0.311 e. The Kier molecular flexibility index (Phi) is 4.34. The summed E-state index contributed by atoms with van der Waals surface area (Å²) in [6.45, 7) is 2.26. The molecule has 0 saturated carbocycles. The number of benzene rings is 1. The summed E-state index contributed by atoms with van der Waals surface area (Å²) < 4.78 is 18.8. The fourth-order valence-corrected chi connectivity index (χ4v) is 2.40. The number of rotatable bonds is 4. The van der Waals surface area contributed by atoms with E-state index in [0.29, 0.717) is 6.54 Å². The maximum absolute atomic E-state index is 13.7. The molecule has 0 radical (unpaired) electrons. The number of carboxylic acid groups (broad SMARTS) is 1. The van der Waals surface area contributed by atoms with Crippen LogP contribution in [-0.4, -0.2) is 47.7 Å². The maximum atomic E-state index is 13.7. The van der Waals surface area contributed by atoms with Crippen LogP contribution in [0.25, 0.3) is 0 Å². The molecule has 6 heteroatoms. The van der Waals surface area contributed by atoms with Crippen LogP contribution in [-0.2, 0) is 9.53 Å². The van der Waals surface area contributed by atoms with Gasteiger partial charge >= 0.3 is 5.97 Å². The lowest BCUT2D eigenvalue weighted by Crippen LogP contribution is -2.46. The van der Waals surface area contributed by atoms with Gasteiger partial charge in [-0.05, 0) is 19.1 Å². The molecule has 0 aliphatic carbocycles. The van der Waals surface area contributed by atoms with Crippen LogP contribution >= 0.6 is 0 Å². The van der Waals surface area contributed by atoms with E-state index in [9.17, 15) is 14.0 Å². The first-order valence-electron chi connectivity index (χ1n) is 6.42. The zero-order chi connectivity index (χ0) is 14.7. The number of hydrogen-bond acceptors (Lipinski definition) is 3. The van der Waals surface area contributed by atoms with Crippen LogP contribution in [0.1, 0.15) is 17.3 Å². The molecule has 2 unspecified atom stereocenters. The third-order valence-corrected chi connectivity index (χ3v) is 3.47. The minimum Gasteiger partial charge on any atom is -0.481 e. The zero-order valence-electron chi connectivity index (χ0n) is 11.1. The van der Waals surface area contributed by atoms with Gasteiger partial charge in [-0.2, -0.15) is 0 Å². The summed E-state index contributed by atoms with van der Waals surface area (Å²) in [4.78, 5) is 24.9. The second-order valence-corrected chi connectivity index (χ2v) is 4.62. The number of nitrogens with zero attached hydrogens (tertiary/aromatic N) is 1. The van der Waals surface area contributed by atoms with Crippen molar-refractivity contribution >= 4 is 11.9 Å². The number of carbonyl (C=O) groups is 2. The van der Waals surface area contributed by atoms with E-state index in [1.54, 1.807) is 13.0 Å². The summed E-state index contributed by atoms with van der Waals surface area (Å²) in [5.74, 6) is -2.90. The van der Waals surface area contributed by atoms with Gasteiger partial charge in [-0.25, -0.2) is 4.39 Å². The van der Waals surface area contributed by atoms with Gasteiger partial charge in [0, 0.05) is 6.54 Å². The molecule has 1 aliphatic rings. The Labute approximate surface area is 116 Å². The summed E-state index contributed by atoms with van der Waals surface area (Å²) in [5, 5.41) is 9.14. The van der Waals surface area contributed by atoms with Crippen molar-refractivity contribution < 1.29 is 23.8 Å². The van der Waals surface area contributed by atoms with Crippen LogP contribution in [0.2, 0.25) is 0 Å². The summed E-state index contributed by atoms with van der Waals surface area (Å²) in [6, 6.07) is 5.11. The first kappa shape index (κ1) is 14.5. The van der Waals surface area contributed by atoms with Crippen LogP contribution < -0.4 is 0 Å². The molecule has 0 spiro atoms. The number of halogens is 1. The molecule has 20 heavy (non-hydrogen) atoms. The third kappa shape index (κ3) is 2.65. The Morgan fingerprint density at radius 3 is 2.70 bits per heavy atom. The molecule has 1 aromatic rings. The van der Waals surface area contributed by atoms with Gasteiger partial charge in [0.05, 0.1) is 24.8 Å². The van der Waals surface area contributed by atoms with Gasteiger partial charge in [0.15, 0.2) is 0 Å². The molecule has 108 valence electrons. The van der Waals surface area contributed by atoms with E-state index in [1.165, 1.54) is 23.1 Å². The number of ether oxygens (including phenoxy) is 1. The van der Waals surface area contributed by atoms with E-state index >= 15 is 0 Å². The van der Waals surface area contributed by atoms with Gasteiger partial charge in [-0.1, -0.05) is 12.1 Å². The lowest BCUT2D eigenvalue weighted by Gasteiger charge is -2.29. The van der Waals surface area contributed by atoms with E-state index in [1.807, 2.05) is 0 Å². The zero-order valence-corrected chi connectivity index (χ0v) is 11.1. The van der Waals surface area contributed by atoms with E-state index in [2.05, 4.69) is 0 Å². The molecule has 1 saturated heterocycles. The van der Waals surface area contributed by atoms with Crippen molar-refractivity contribution in [2.75, 3.05) is 19.8 Å². The molecule has 1 fully saturated rings. The monoisotopic (exact) mass is 281 g/mol. The number of carbonyl (C=O) groups excluding carboxylic acids is 1. The van der Waals surface area contributed by atoms with Gasteiger partial charge in [-0.15, -0.1) is 0 Å². The number of hydrogen-bond donors (Lipinski definition) is 1. The average Bonchev–Trinajstić information content (AvgIpc) is 2.89. The van der Waals surface area contributed by atoms with E-state index in [-0.39, 0.29) is 18.8 Å². The largest absolute Gasteiger partial charge is 0.481 e. The SMILES string of the molecule is CCN(C(=O)c1ccccc1F)C1COCC1C(=O)O. The molecule has 1 aromatic carbocycles. The number of aliphatic carboxylic acids is 1. The third-order valence-electron chi connectivity index (χ3n) is 3.47. The normalized spacial score (nSPS) is 21.7. The van der Waals surface area contributed by atoms with Crippen molar-refractivity contribution in [1.29, 1.82) is 0 Å². The predicted octanol–water partition coefficient (Wildman–Crippen LogP) is 1.39. The topological polar surface area (TPSA) is 66.8 Å². The van der Waals surface area contributed by atoms with Gasteiger partial charge in [-0.3, -0.25) is 9.59 Å². The quantitative estimate of drug-likeness (QED) is 0.905. The highest BCUT2D eigenvalue weighted by molar-refractivity contribution is 5.95. The number of amides is 1. The molecule has 2 atom stereocenters. The Bertz CT molecular complexity index is 520. The molecule has 0 bridgehead atoms. The number of likely N-dealkylation sites (N-methyl/N-ethyl adjacent to an activating group) is 1. The van der Waals surface area contributed by atoms with Crippen LogP contribution in [0.15, 0.2) is 24.3 Å². The molecule has 5 nitrogen and oxygen atoms in total. The lowest BCUT2D eigenvalue weighted by atomic mass is 10.0. The van der Waals surface area contributed by atoms with Crippen molar-refractivity contribution in [3.05, 3.63) is 35.6 Å². The van der Waals surface area contributed by atoms with Crippen molar-refractivity contribution in [1.82, 2.24) is 4.90 Å². The van der Waals surface area contributed by atoms with E-state index in [4.69, 9.17) is 9.84 Å². The van der Waals surface area contributed by atoms with Gasteiger partial charge in [0.2, 0.25) is 0 Å². The van der Waals surface area contributed by atoms with Crippen molar-refractivity contribution in [2.45, 2.75) is 13.0 Å². The second-order valence-electron chi connectivity index (χ2n) is 4.62. The predicted molar refractivity (Wildman–Crippen MR) is 68.8 cm³/mol. The maximum Gasteiger partial charge on any atom is 0.311 e. The Balaban J connectivity index is 2.26. The van der Waals surface area contributed by atoms with Gasteiger partial charge < -0.3 is 14.7 Å². The fourth-order valence-electron chi connectivity index (χ4n) is 2.40. The highest BCUT2D eigenvalue weighted by Gasteiger charge is 2.40. The van der Waals surface area contributed by atoms with E-state index < -0.39 is 29.7 Å². The lowest BCUT2D eigenvalue weighted by molar-refractivity contribution is -0.142. The van der Waals surface area contributed by atoms with Crippen molar-refractivity contribution in [2.24, 2.45) is 5.92 Å². The molecule has 1 heterocycles. The van der Waals surface area contributed by atoms with Crippen LogP contribution in [0.4, 0.5) is 4.39 Å². The molecule has 1 N–H and O–H groups in total. The summed E-state index contributed by atoms with van der Waals surface area (Å²) in [6.07, 6.45) is 0. The van der Waals surface area contributed by atoms with Gasteiger partial charge in [0.25, 0.3) is 5.91 Å². The summed E-state index contributed by atoms with van der Waals surface area (Å²) >= 11 is 0. The molecular formula is C14H16FNO4. The second kappa shape index (κ2) is 6.00. The van der Waals surface area contributed by atoms with Crippen molar-refractivity contribution in [3.63, 3.8) is 0 Å². The molecule has 2 rings (SSSR count). The Hall–Kier alpha value is -1.95. The van der Waals surface area contributed by atoms with Gasteiger partial charge in [0.1, 0.15) is 11.7 Å². The fraction of sp³-hybridized carbons (Fsp3) is 0.429. The first-order valence-corrected chi connectivity index (χ1v) is 6.42. The van der Waals surface area contributed by atoms with Crippen LogP contribution in [0.5, 0.6) is 0 Å². The van der Waals surface area contributed by atoms with E-state index in [0.717, 1.165) is 0 Å². The van der Waals surface area contributed by atoms with Crippen LogP contribution in [0.3, 0.4) is 0 Å². The summed E-state index contributed by atoms with van der Waals surface area (Å²) in [5.41, 5.74) is -0.0506. The van der Waals surface area contributed by atoms with Crippen LogP contribution in [0, 0.1) is 11.7 Å². The standard InChI is InChI=1S/C14H16FNO4/c1-2-16(12-8-20-7-10(12)14(18)19)13(17)9-5-3-4-6-11(9)15/h3-6,10,12H,2,7-8H2,1H3,(H,18,19). The minimum absolute atomic E-state index is 0.0506. The molecule has 1 aliphatic heterocycles. The first-order chi connectivity index (χ1) is 9.56. The molecule has 1 amide bonds. The average molecular weight is 281 g/mol. The summed E-state index contributed by atoms with van der Waals surface area (Å²) in [7, 11) is 0. The molecular weight excluding hydrogens is 265 g/mol. The molecule has 0 aromatic heterocycles. The highest BCUT2D eigenvalue weighted by atomic mass is 19.1. The number of carboxylic acids is 1. The minimum atomic E-state index is -1.01. The Morgan fingerprint density at radius 1 is 1.40 bits per heavy atom. The van der Waals surface area contributed by atoms with Crippen molar-refractivity contribution in [3.8, 4) is 0 Å². The highest BCUT2D eigenvalue weighted by Crippen LogP contribution is 2.22. The Morgan fingerprint density at radius 2 is 2.10 bits per heavy atom.